The van der Waals surface area contributed by atoms with Gasteiger partial charge in [-0.15, -0.1) is 0 Å². The molecule has 2 aromatic rings. The van der Waals surface area contributed by atoms with Crippen molar-refractivity contribution in [1.29, 1.82) is 0 Å². The lowest BCUT2D eigenvalue weighted by Gasteiger charge is -2.10. The van der Waals surface area contributed by atoms with E-state index in [2.05, 4.69) is 0 Å². The van der Waals surface area contributed by atoms with Crippen molar-refractivity contribution >= 4 is 16.5 Å². The van der Waals surface area contributed by atoms with Gasteiger partial charge in [0.05, 0.1) is 10.9 Å². The summed E-state index contributed by atoms with van der Waals surface area (Å²) in [7, 11) is 0. The molecule has 0 radical (unpaired) electrons. The lowest BCUT2D eigenvalue weighted by Crippen LogP contribution is -2.12. The maximum absolute atomic E-state index is 13.4. The highest BCUT2D eigenvalue weighted by atomic mass is 19.1. The highest BCUT2D eigenvalue weighted by Crippen LogP contribution is 2.26. The minimum atomic E-state index is -0.214. The maximum atomic E-state index is 13.4. The maximum Gasteiger partial charge on any atom is 0.200 e. The molecule has 1 aromatic carbocycles. The van der Waals surface area contributed by atoms with E-state index >= 15 is 0 Å². The molecule has 0 bridgehead atoms. The fourth-order valence-corrected chi connectivity index (χ4v) is 2.67. The SMILES string of the molecule is CCCc1oc2ccccc2c(=O)c1C1=CCC(F)=CC=C1. The average Bonchev–Trinajstić information content (AvgIpc) is 2.73. The van der Waals surface area contributed by atoms with Gasteiger partial charge in [0.15, 0.2) is 0 Å². The third kappa shape index (κ3) is 2.67. The molecule has 0 spiro atoms. The lowest BCUT2D eigenvalue weighted by atomic mass is 9.99. The number of halogens is 1. The van der Waals surface area contributed by atoms with E-state index in [0.717, 1.165) is 12.0 Å². The molecule has 0 saturated heterocycles. The van der Waals surface area contributed by atoms with Gasteiger partial charge in [-0.1, -0.05) is 37.3 Å². The molecular formula is C19H17FO2. The van der Waals surface area contributed by atoms with Gasteiger partial charge in [-0.25, -0.2) is 4.39 Å². The Labute approximate surface area is 128 Å². The summed E-state index contributed by atoms with van der Waals surface area (Å²) in [6, 6.07) is 7.24. The lowest BCUT2D eigenvalue weighted by molar-refractivity contribution is 0.529. The zero-order valence-electron chi connectivity index (χ0n) is 12.4. The second kappa shape index (κ2) is 6.14. The molecule has 0 aliphatic heterocycles. The van der Waals surface area contributed by atoms with Crippen LogP contribution in [0.4, 0.5) is 4.39 Å². The largest absolute Gasteiger partial charge is 0.460 e. The van der Waals surface area contributed by atoms with Crippen LogP contribution in [0.5, 0.6) is 0 Å². The van der Waals surface area contributed by atoms with Crippen molar-refractivity contribution < 1.29 is 8.81 Å². The fourth-order valence-electron chi connectivity index (χ4n) is 2.67. The molecule has 112 valence electrons. The second-order valence-electron chi connectivity index (χ2n) is 5.31. The van der Waals surface area contributed by atoms with Gasteiger partial charge < -0.3 is 4.42 Å². The molecule has 1 aliphatic carbocycles. The van der Waals surface area contributed by atoms with Crippen molar-refractivity contribution in [3.63, 3.8) is 0 Å². The number of fused-ring (bicyclic) bond motifs is 1. The van der Waals surface area contributed by atoms with E-state index in [1.54, 1.807) is 30.4 Å². The van der Waals surface area contributed by atoms with Crippen molar-refractivity contribution in [1.82, 2.24) is 0 Å². The van der Waals surface area contributed by atoms with E-state index in [4.69, 9.17) is 4.42 Å². The van der Waals surface area contributed by atoms with Gasteiger partial charge in [0.2, 0.25) is 5.43 Å². The van der Waals surface area contributed by atoms with Crippen LogP contribution in [-0.4, -0.2) is 0 Å². The van der Waals surface area contributed by atoms with E-state index in [0.29, 0.717) is 28.7 Å². The van der Waals surface area contributed by atoms with Gasteiger partial charge in [0, 0.05) is 12.8 Å². The molecule has 2 nitrogen and oxygen atoms in total. The topological polar surface area (TPSA) is 30.2 Å². The summed E-state index contributed by atoms with van der Waals surface area (Å²) in [5.41, 5.74) is 1.83. The van der Waals surface area contributed by atoms with Crippen molar-refractivity contribution in [3.05, 3.63) is 75.9 Å². The molecule has 0 N–H and O–H groups in total. The monoisotopic (exact) mass is 296 g/mol. The average molecular weight is 296 g/mol. The highest BCUT2D eigenvalue weighted by molar-refractivity contribution is 5.84. The molecule has 1 heterocycles. The molecule has 3 heteroatoms. The summed E-state index contributed by atoms with van der Waals surface area (Å²) in [5.74, 6) is 0.456. The van der Waals surface area contributed by atoms with Crippen molar-refractivity contribution in [3.8, 4) is 0 Å². The number of allylic oxidation sites excluding steroid dienone is 6. The Morgan fingerprint density at radius 1 is 1.27 bits per heavy atom. The van der Waals surface area contributed by atoms with Crippen LogP contribution in [0, 0.1) is 0 Å². The van der Waals surface area contributed by atoms with Gasteiger partial charge in [-0.2, -0.15) is 0 Å². The van der Waals surface area contributed by atoms with Crippen LogP contribution in [0.2, 0.25) is 0 Å². The Hall–Kier alpha value is -2.42. The molecule has 0 saturated carbocycles. The van der Waals surface area contributed by atoms with Gasteiger partial charge in [0.25, 0.3) is 0 Å². The number of hydrogen-bond acceptors (Lipinski definition) is 2. The van der Waals surface area contributed by atoms with Gasteiger partial charge in [0.1, 0.15) is 17.2 Å². The zero-order chi connectivity index (χ0) is 15.5. The van der Waals surface area contributed by atoms with E-state index in [-0.39, 0.29) is 17.7 Å². The molecule has 22 heavy (non-hydrogen) atoms. The van der Waals surface area contributed by atoms with E-state index in [1.807, 2.05) is 19.1 Å². The van der Waals surface area contributed by atoms with E-state index < -0.39 is 0 Å². The van der Waals surface area contributed by atoms with Gasteiger partial charge in [-0.3, -0.25) is 4.79 Å². The summed E-state index contributed by atoms with van der Waals surface area (Å²) < 4.78 is 19.3. The number of hydrogen-bond donors (Lipinski definition) is 0. The van der Waals surface area contributed by atoms with Crippen LogP contribution >= 0.6 is 0 Å². The first-order valence-corrected chi connectivity index (χ1v) is 7.48. The second-order valence-corrected chi connectivity index (χ2v) is 5.31. The summed E-state index contributed by atoms with van der Waals surface area (Å²) >= 11 is 0. The summed E-state index contributed by atoms with van der Waals surface area (Å²) in [6.07, 6.45) is 8.32. The first kappa shape index (κ1) is 14.5. The normalized spacial score (nSPS) is 14.6. The molecule has 1 aliphatic rings. The Morgan fingerprint density at radius 3 is 2.91 bits per heavy atom. The van der Waals surface area contributed by atoms with Crippen LogP contribution in [0.3, 0.4) is 0 Å². The minimum absolute atomic E-state index is 0.0523. The third-order valence-corrected chi connectivity index (χ3v) is 3.71. The van der Waals surface area contributed by atoms with Crippen LogP contribution in [-0.2, 0) is 6.42 Å². The Morgan fingerprint density at radius 2 is 2.09 bits per heavy atom. The Balaban J connectivity index is 2.25. The number of rotatable bonds is 3. The number of aryl methyl sites for hydroxylation is 1. The fraction of sp³-hybridized carbons (Fsp3) is 0.211. The van der Waals surface area contributed by atoms with Crippen molar-refractivity contribution in [2.45, 2.75) is 26.2 Å². The smallest absolute Gasteiger partial charge is 0.200 e. The quantitative estimate of drug-likeness (QED) is 0.803. The van der Waals surface area contributed by atoms with Crippen LogP contribution < -0.4 is 5.43 Å². The number of benzene rings is 1. The highest BCUT2D eigenvalue weighted by Gasteiger charge is 2.16. The van der Waals surface area contributed by atoms with Crippen molar-refractivity contribution in [2.75, 3.05) is 0 Å². The standard InChI is InChI=1S/C19H17FO2/c1-2-6-17-18(13-7-5-8-14(20)12-11-13)19(21)15-9-3-4-10-16(15)22-17/h3-5,7-11H,2,6,12H2,1H3. The molecule has 0 unspecified atom stereocenters. The van der Waals surface area contributed by atoms with E-state index in [1.165, 1.54) is 6.08 Å². The summed E-state index contributed by atoms with van der Waals surface area (Å²) in [6.45, 7) is 2.04. The first-order valence-electron chi connectivity index (χ1n) is 7.48. The van der Waals surface area contributed by atoms with Crippen LogP contribution in [0.15, 0.2) is 63.6 Å². The molecular weight excluding hydrogens is 279 g/mol. The molecule has 1 aromatic heterocycles. The molecule has 0 atom stereocenters. The van der Waals surface area contributed by atoms with Gasteiger partial charge in [-0.05, 0) is 30.2 Å². The summed E-state index contributed by atoms with van der Waals surface area (Å²) in [5, 5.41) is 0.560. The van der Waals surface area contributed by atoms with Crippen LogP contribution in [0.1, 0.15) is 31.1 Å². The van der Waals surface area contributed by atoms with Crippen molar-refractivity contribution in [2.24, 2.45) is 0 Å². The Kier molecular flexibility index (Phi) is 4.05. The van der Waals surface area contributed by atoms with Crippen LogP contribution in [0.25, 0.3) is 16.5 Å². The minimum Gasteiger partial charge on any atom is -0.460 e. The zero-order valence-corrected chi connectivity index (χ0v) is 12.4. The number of para-hydroxylation sites is 1. The molecule has 0 fully saturated rings. The van der Waals surface area contributed by atoms with E-state index in [9.17, 15) is 9.18 Å². The Bertz CT molecular complexity index is 853. The molecule has 3 rings (SSSR count). The predicted octanol–water partition coefficient (Wildman–Crippen LogP) is 4.94. The third-order valence-electron chi connectivity index (χ3n) is 3.71. The van der Waals surface area contributed by atoms with Gasteiger partial charge >= 0.3 is 0 Å². The summed E-state index contributed by atoms with van der Waals surface area (Å²) in [4.78, 5) is 12.9. The molecule has 0 amide bonds. The first-order chi connectivity index (χ1) is 10.7. The predicted molar refractivity (Wildman–Crippen MR) is 87.4 cm³/mol.